The van der Waals surface area contributed by atoms with Gasteiger partial charge in [-0.05, 0) is 46.6 Å². The summed E-state index contributed by atoms with van der Waals surface area (Å²) in [6, 6.07) is 5.83. The lowest BCUT2D eigenvalue weighted by Crippen LogP contribution is -2.15. The maximum atomic E-state index is 5.92. The van der Waals surface area contributed by atoms with Crippen molar-refractivity contribution in [1.82, 2.24) is 0 Å². The molecular weight excluding hydrogens is 279 g/mol. The third-order valence-electron chi connectivity index (χ3n) is 2.08. The van der Waals surface area contributed by atoms with Crippen LogP contribution in [0.25, 0.3) is 0 Å². The number of rotatable bonds is 4. The molecule has 86 valence electrons. The molecule has 0 saturated heterocycles. The second-order valence-electron chi connectivity index (χ2n) is 3.08. The molecule has 0 aliphatic rings. The molecule has 0 bridgehead atoms. The first-order chi connectivity index (χ1) is 6.69. The van der Waals surface area contributed by atoms with E-state index in [1.165, 1.54) is 0 Å². The lowest BCUT2D eigenvalue weighted by Gasteiger charge is -2.12. The summed E-state index contributed by atoms with van der Waals surface area (Å²) in [6.45, 7) is 0.602. The Kier molecular flexibility index (Phi) is 6.92. The fraction of sp³-hybridized carbons (Fsp3) is 0.400. The lowest BCUT2D eigenvalue weighted by molar-refractivity contribution is 0.412. The molecule has 5 heteroatoms. The van der Waals surface area contributed by atoms with E-state index in [1.807, 2.05) is 18.2 Å². The summed E-state index contributed by atoms with van der Waals surface area (Å²) in [4.78, 5) is 0. The number of ether oxygens (including phenoxy) is 1. The highest BCUT2D eigenvalue weighted by atomic mass is 79.9. The summed E-state index contributed by atoms with van der Waals surface area (Å²) >= 11 is 3.41. The van der Waals surface area contributed by atoms with Crippen molar-refractivity contribution in [3.8, 4) is 5.75 Å². The van der Waals surface area contributed by atoms with E-state index in [-0.39, 0.29) is 18.4 Å². The lowest BCUT2D eigenvalue weighted by atomic mass is 10.0. The normalized spacial score (nSPS) is 11.7. The van der Waals surface area contributed by atoms with Crippen molar-refractivity contribution < 1.29 is 4.74 Å². The van der Waals surface area contributed by atoms with Crippen molar-refractivity contribution in [2.75, 3.05) is 13.7 Å². The monoisotopic (exact) mass is 294 g/mol. The van der Waals surface area contributed by atoms with Gasteiger partial charge in [0.25, 0.3) is 0 Å². The van der Waals surface area contributed by atoms with Crippen LogP contribution >= 0.6 is 28.3 Å². The molecule has 0 radical (unpaired) electrons. The smallest absolute Gasteiger partial charge is 0.133 e. The number of benzene rings is 1. The predicted molar refractivity (Wildman–Crippen MR) is 68.5 cm³/mol. The number of methoxy groups -OCH3 is 1. The van der Waals surface area contributed by atoms with Gasteiger partial charge in [0.05, 0.1) is 11.6 Å². The van der Waals surface area contributed by atoms with Gasteiger partial charge >= 0.3 is 0 Å². The maximum absolute atomic E-state index is 5.92. The van der Waals surface area contributed by atoms with Gasteiger partial charge in [-0.3, -0.25) is 0 Å². The van der Waals surface area contributed by atoms with Crippen LogP contribution in [0.3, 0.4) is 0 Å². The second kappa shape index (κ2) is 7.06. The van der Waals surface area contributed by atoms with E-state index < -0.39 is 0 Å². The van der Waals surface area contributed by atoms with Crippen molar-refractivity contribution in [3.63, 3.8) is 0 Å². The first-order valence-corrected chi connectivity index (χ1v) is 5.27. The third kappa shape index (κ3) is 3.99. The van der Waals surface area contributed by atoms with Gasteiger partial charge in [-0.2, -0.15) is 0 Å². The zero-order valence-electron chi connectivity index (χ0n) is 8.57. The molecule has 15 heavy (non-hydrogen) atoms. The van der Waals surface area contributed by atoms with Crippen LogP contribution in [0, 0.1) is 0 Å². The van der Waals surface area contributed by atoms with E-state index in [1.54, 1.807) is 7.11 Å². The predicted octanol–water partition coefficient (Wildman–Crippen LogP) is 2.23. The van der Waals surface area contributed by atoms with Crippen LogP contribution in [0.4, 0.5) is 0 Å². The molecule has 0 unspecified atom stereocenters. The molecule has 1 atom stereocenters. The number of halogens is 2. The van der Waals surface area contributed by atoms with Crippen LogP contribution in [0.1, 0.15) is 18.0 Å². The maximum Gasteiger partial charge on any atom is 0.133 e. The summed E-state index contributed by atoms with van der Waals surface area (Å²) in [7, 11) is 1.64. The molecule has 0 spiro atoms. The molecule has 0 amide bonds. The number of hydrogen-bond acceptors (Lipinski definition) is 3. The summed E-state index contributed by atoms with van der Waals surface area (Å²) in [6.07, 6.45) is 0.790. The molecular formula is C10H16BrClN2O. The van der Waals surface area contributed by atoms with Gasteiger partial charge in [-0.25, -0.2) is 0 Å². The molecule has 0 fully saturated rings. The van der Waals surface area contributed by atoms with Gasteiger partial charge in [0.15, 0.2) is 0 Å². The summed E-state index contributed by atoms with van der Waals surface area (Å²) in [5, 5.41) is 0. The van der Waals surface area contributed by atoms with E-state index in [0.717, 1.165) is 22.2 Å². The highest BCUT2D eigenvalue weighted by Gasteiger charge is 2.07. The van der Waals surface area contributed by atoms with Gasteiger partial charge in [-0.15, -0.1) is 12.4 Å². The van der Waals surface area contributed by atoms with Crippen molar-refractivity contribution in [2.24, 2.45) is 11.5 Å². The first-order valence-electron chi connectivity index (χ1n) is 4.48. The van der Waals surface area contributed by atoms with Gasteiger partial charge < -0.3 is 16.2 Å². The van der Waals surface area contributed by atoms with Crippen LogP contribution in [0.15, 0.2) is 22.7 Å². The summed E-state index contributed by atoms with van der Waals surface area (Å²) in [5.74, 6) is 0.814. The minimum absolute atomic E-state index is 0. The van der Waals surface area contributed by atoms with Crippen molar-refractivity contribution >= 4 is 28.3 Å². The van der Waals surface area contributed by atoms with Gasteiger partial charge in [0.2, 0.25) is 0 Å². The zero-order chi connectivity index (χ0) is 10.6. The molecule has 4 N–H and O–H groups in total. The van der Waals surface area contributed by atoms with Crippen molar-refractivity contribution in [2.45, 2.75) is 12.5 Å². The molecule has 3 nitrogen and oxygen atoms in total. The van der Waals surface area contributed by atoms with Gasteiger partial charge in [0, 0.05) is 6.04 Å². The molecule has 0 aliphatic carbocycles. The van der Waals surface area contributed by atoms with E-state index in [4.69, 9.17) is 16.2 Å². The average molecular weight is 296 g/mol. The van der Waals surface area contributed by atoms with Crippen LogP contribution in [-0.4, -0.2) is 13.7 Å². The Balaban J connectivity index is 0.00000196. The topological polar surface area (TPSA) is 61.3 Å². The molecule has 1 aromatic rings. The van der Waals surface area contributed by atoms with Crippen LogP contribution in [0.5, 0.6) is 5.75 Å². The fourth-order valence-electron chi connectivity index (χ4n) is 1.26. The minimum atomic E-state index is 0. The Morgan fingerprint density at radius 2 is 2.13 bits per heavy atom. The Morgan fingerprint density at radius 1 is 1.47 bits per heavy atom. The Morgan fingerprint density at radius 3 is 2.60 bits per heavy atom. The van der Waals surface area contributed by atoms with E-state index in [0.29, 0.717) is 6.54 Å². The Bertz CT molecular complexity index is 309. The molecule has 0 aromatic heterocycles. The number of nitrogens with two attached hydrogens (primary N) is 2. The molecule has 1 aromatic carbocycles. The Hall–Kier alpha value is -0.290. The zero-order valence-corrected chi connectivity index (χ0v) is 11.0. The first kappa shape index (κ1) is 14.7. The van der Waals surface area contributed by atoms with Crippen LogP contribution in [0.2, 0.25) is 0 Å². The van der Waals surface area contributed by atoms with E-state index >= 15 is 0 Å². The number of hydrogen-bond donors (Lipinski definition) is 2. The highest BCUT2D eigenvalue weighted by Crippen LogP contribution is 2.27. The van der Waals surface area contributed by atoms with Crippen LogP contribution in [-0.2, 0) is 0 Å². The minimum Gasteiger partial charge on any atom is -0.496 e. The fourth-order valence-corrected chi connectivity index (χ4v) is 1.82. The molecule has 0 heterocycles. The van der Waals surface area contributed by atoms with E-state index in [9.17, 15) is 0 Å². The van der Waals surface area contributed by atoms with Crippen molar-refractivity contribution in [1.29, 1.82) is 0 Å². The quantitative estimate of drug-likeness (QED) is 0.895. The molecule has 0 saturated carbocycles. The van der Waals surface area contributed by atoms with Gasteiger partial charge in [-0.1, -0.05) is 6.07 Å². The van der Waals surface area contributed by atoms with Crippen LogP contribution < -0.4 is 16.2 Å². The van der Waals surface area contributed by atoms with E-state index in [2.05, 4.69) is 15.9 Å². The van der Waals surface area contributed by atoms with Crippen molar-refractivity contribution in [3.05, 3.63) is 28.2 Å². The molecule has 0 aliphatic heterocycles. The highest BCUT2D eigenvalue weighted by molar-refractivity contribution is 9.10. The van der Waals surface area contributed by atoms with Gasteiger partial charge in [0.1, 0.15) is 5.75 Å². The average Bonchev–Trinajstić information content (AvgIpc) is 2.18. The SMILES string of the molecule is COc1ccc([C@@H](N)CCN)cc1Br.Cl. The standard InChI is InChI=1S/C10H15BrN2O.ClH/c1-14-10-3-2-7(6-8(10)11)9(13)4-5-12;/h2-3,6,9H,4-5,12-13H2,1H3;1H/t9-;/m0./s1. The third-order valence-corrected chi connectivity index (χ3v) is 2.70. The summed E-state index contributed by atoms with van der Waals surface area (Å²) < 4.78 is 6.05. The second-order valence-corrected chi connectivity index (χ2v) is 3.93. The Labute approximate surface area is 105 Å². The largest absolute Gasteiger partial charge is 0.496 e. The summed E-state index contributed by atoms with van der Waals surface area (Å²) in [5.41, 5.74) is 12.4. The molecule has 1 rings (SSSR count).